The molecular weight excluding hydrogens is 206 g/mol. The molecule has 5 heteroatoms. The summed E-state index contributed by atoms with van der Waals surface area (Å²) in [5, 5.41) is 12.7. The fourth-order valence-corrected chi connectivity index (χ4v) is 1.10. The molecule has 0 spiro atoms. The molecule has 0 heterocycles. The Morgan fingerprint density at radius 2 is 1.75 bits per heavy atom. The van der Waals surface area contributed by atoms with Crippen LogP contribution in [-0.4, -0.2) is 11.8 Å². The Balaban J connectivity index is 2.32. The van der Waals surface area contributed by atoms with Crippen molar-refractivity contribution in [3.05, 3.63) is 30.3 Å². The number of para-hydroxylation sites is 1. The molecule has 0 atom stereocenters. The summed E-state index contributed by atoms with van der Waals surface area (Å²) >= 11 is 0. The van der Waals surface area contributed by atoms with E-state index in [1.54, 1.807) is 24.3 Å². The van der Waals surface area contributed by atoms with Crippen molar-refractivity contribution >= 4 is 17.5 Å². The van der Waals surface area contributed by atoms with E-state index in [0.717, 1.165) is 0 Å². The van der Waals surface area contributed by atoms with Gasteiger partial charge in [-0.15, -0.1) is 0 Å². The van der Waals surface area contributed by atoms with E-state index in [4.69, 9.17) is 5.26 Å². The molecule has 0 fully saturated rings. The number of rotatable bonds is 4. The third-order valence-corrected chi connectivity index (χ3v) is 1.83. The average molecular weight is 217 g/mol. The van der Waals surface area contributed by atoms with Crippen molar-refractivity contribution in [2.24, 2.45) is 0 Å². The molecule has 0 aliphatic rings. The molecule has 16 heavy (non-hydrogen) atoms. The summed E-state index contributed by atoms with van der Waals surface area (Å²) in [7, 11) is 0. The lowest BCUT2D eigenvalue weighted by Gasteiger charge is -2.03. The maximum absolute atomic E-state index is 11.3. The Hall–Kier alpha value is -2.35. The van der Waals surface area contributed by atoms with E-state index in [1.165, 1.54) is 6.19 Å². The van der Waals surface area contributed by atoms with Crippen molar-refractivity contribution in [3.63, 3.8) is 0 Å². The molecule has 0 aliphatic carbocycles. The second-order valence-electron chi connectivity index (χ2n) is 3.07. The van der Waals surface area contributed by atoms with Crippen LogP contribution >= 0.6 is 0 Å². The molecule has 0 bridgehead atoms. The molecule has 2 amide bonds. The smallest absolute Gasteiger partial charge is 0.233 e. The van der Waals surface area contributed by atoms with Gasteiger partial charge in [0, 0.05) is 18.5 Å². The number of nitriles is 1. The van der Waals surface area contributed by atoms with Crippen molar-refractivity contribution in [1.82, 2.24) is 5.32 Å². The molecule has 1 aromatic rings. The Labute approximate surface area is 93.1 Å². The van der Waals surface area contributed by atoms with Gasteiger partial charge in [0.25, 0.3) is 0 Å². The monoisotopic (exact) mass is 217 g/mol. The van der Waals surface area contributed by atoms with Gasteiger partial charge in [0.15, 0.2) is 6.19 Å². The van der Waals surface area contributed by atoms with Gasteiger partial charge in [0.1, 0.15) is 0 Å². The minimum atomic E-state index is -0.453. The van der Waals surface area contributed by atoms with E-state index in [0.29, 0.717) is 5.69 Å². The van der Waals surface area contributed by atoms with Crippen LogP contribution in [0.5, 0.6) is 0 Å². The second kappa shape index (κ2) is 6.19. The summed E-state index contributed by atoms with van der Waals surface area (Å²) in [6, 6.07) is 8.96. The number of anilines is 1. The highest BCUT2D eigenvalue weighted by Gasteiger charge is 2.06. The van der Waals surface area contributed by atoms with Gasteiger partial charge in [-0.25, -0.2) is 0 Å². The zero-order valence-electron chi connectivity index (χ0n) is 8.56. The van der Waals surface area contributed by atoms with Gasteiger partial charge in [-0.05, 0) is 12.1 Å². The van der Waals surface area contributed by atoms with Crippen molar-refractivity contribution < 1.29 is 9.59 Å². The molecule has 2 N–H and O–H groups in total. The van der Waals surface area contributed by atoms with Crippen LogP contribution in [0.3, 0.4) is 0 Å². The fraction of sp³-hybridized carbons (Fsp3) is 0.182. The minimum Gasteiger partial charge on any atom is -0.326 e. The van der Waals surface area contributed by atoms with E-state index in [-0.39, 0.29) is 18.7 Å². The molecule has 82 valence electrons. The largest absolute Gasteiger partial charge is 0.326 e. The lowest BCUT2D eigenvalue weighted by atomic mass is 10.2. The van der Waals surface area contributed by atoms with E-state index in [2.05, 4.69) is 5.32 Å². The number of benzene rings is 1. The molecule has 0 unspecified atom stereocenters. The highest BCUT2D eigenvalue weighted by Crippen LogP contribution is 2.05. The standard InChI is InChI=1S/C11H11N3O2/c12-8-13-10(15)6-7-11(16)14-9-4-2-1-3-5-9/h1-5H,6-7H2,(H,13,15)(H,14,16). The first-order chi connectivity index (χ1) is 7.72. The molecule has 1 aromatic carbocycles. The second-order valence-corrected chi connectivity index (χ2v) is 3.07. The molecule has 0 aliphatic heterocycles. The van der Waals surface area contributed by atoms with Crippen molar-refractivity contribution in [2.75, 3.05) is 5.32 Å². The van der Waals surface area contributed by atoms with Gasteiger partial charge < -0.3 is 5.32 Å². The third kappa shape index (κ3) is 4.24. The molecule has 0 saturated heterocycles. The average Bonchev–Trinajstić information content (AvgIpc) is 2.28. The SMILES string of the molecule is N#CNC(=O)CCC(=O)Nc1ccccc1. The topological polar surface area (TPSA) is 82.0 Å². The summed E-state index contributed by atoms with van der Waals surface area (Å²) in [6.07, 6.45) is 1.57. The molecule has 1 rings (SSSR count). The summed E-state index contributed by atoms with van der Waals surface area (Å²) in [6.45, 7) is 0. The quantitative estimate of drug-likeness (QED) is 0.583. The van der Waals surface area contributed by atoms with Gasteiger partial charge in [-0.3, -0.25) is 14.9 Å². The highest BCUT2D eigenvalue weighted by atomic mass is 16.2. The van der Waals surface area contributed by atoms with Crippen LogP contribution in [0.2, 0.25) is 0 Å². The minimum absolute atomic E-state index is 0.00618. The van der Waals surface area contributed by atoms with Crippen LogP contribution in [0.25, 0.3) is 0 Å². The number of nitrogens with one attached hydrogen (secondary N) is 2. The fourth-order valence-electron chi connectivity index (χ4n) is 1.10. The van der Waals surface area contributed by atoms with E-state index in [9.17, 15) is 9.59 Å². The summed E-state index contributed by atoms with van der Waals surface area (Å²) < 4.78 is 0. The van der Waals surface area contributed by atoms with Crippen molar-refractivity contribution in [1.29, 1.82) is 5.26 Å². The lowest BCUT2D eigenvalue weighted by molar-refractivity contribution is -0.123. The van der Waals surface area contributed by atoms with Gasteiger partial charge >= 0.3 is 0 Å². The third-order valence-electron chi connectivity index (χ3n) is 1.83. The maximum atomic E-state index is 11.3. The zero-order chi connectivity index (χ0) is 11.8. The van der Waals surface area contributed by atoms with Crippen LogP contribution in [0, 0.1) is 11.5 Å². The number of nitrogens with zero attached hydrogens (tertiary/aromatic N) is 1. The van der Waals surface area contributed by atoms with Crippen molar-refractivity contribution in [3.8, 4) is 6.19 Å². The Morgan fingerprint density at radius 3 is 2.38 bits per heavy atom. The van der Waals surface area contributed by atoms with Crippen LogP contribution in [0.1, 0.15) is 12.8 Å². The summed E-state index contributed by atoms with van der Waals surface area (Å²) in [4.78, 5) is 22.2. The van der Waals surface area contributed by atoms with Crippen LogP contribution < -0.4 is 10.6 Å². The molecule has 5 nitrogen and oxygen atoms in total. The molecule has 0 saturated carbocycles. The summed E-state index contributed by atoms with van der Waals surface area (Å²) in [5.74, 6) is -0.704. The van der Waals surface area contributed by atoms with Gasteiger partial charge in [0.05, 0.1) is 0 Å². The van der Waals surface area contributed by atoms with E-state index < -0.39 is 5.91 Å². The lowest BCUT2D eigenvalue weighted by Crippen LogP contribution is -2.20. The first-order valence-corrected chi connectivity index (χ1v) is 4.75. The van der Waals surface area contributed by atoms with E-state index >= 15 is 0 Å². The van der Waals surface area contributed by atoms with Gasteiger partial charge in [0.2, 0.25) is 11.8 Å². The number of amides is 2. The number of carbonyl (C=O) groups excluding carboxylic acids is 2. The van der Waals surface area contributed by atoms with Crippen LogP contribution in [0.15, 0.2) is 30.3 Å². The maximum Gasteiger partial charge on any atom is 0.233 e. The zero-order valence-corrected chi connectivity index (χ0v) is 8.56. The Bertz CT molecular complexity index is 409. The van der Waals surface area contributed by atoms with Crippen LogP contribution in [0.4, 0.5) is 5.69 Å². The molecule has 0 aromatic heterocycles. The first kappa shape index (κ1) is 11.7. The van der Waals surface area contributed by atoms with Gasteiger partial charge in [-0.1, -0.05) is 18.2 Å². The number of carbonyl (C=O) groups is 2. The van der Waals surface area contributed by atoms with E-state index in [1.807, 2.05) is 11.4 Å². The Kier molecular flexibility index (Phi) is 4.54. The van der Waals surface area contributed by atoms with Crippen molar-refractivity contribution in [2.45, 2.75) is 12.8 Å². The predicted octanol–water partition coefficient (Wildman–Crippen LogP) is 1.00. The number of hydrogen-bond acceptors (Lipinski definition) is 3. The Morgan fingerprint density at radius 1 is 1.12 bits per heavy atom. The summed E-state index contributed by atoms with van der Waals surface area (Å²) in [5.41, 5.74) is 0.688. The predicted molar refractivity (Wildman–Crippen MR) is 58.1 cm³/mol. The van der Waals surface area contributed by atoms with Gasteiger partial charge in [-0.2, -0.15) is 5.26 Å². The highest BCUT2D eigenvalue weighted by molar-refractivity contribution is 5.93. The molecular formula is C11H11N3O2. The van der Waals surface area contributed by atoms with Crippen LogP contribution in [-0.2, 0) is 9.59 Å². The number of hydrogen-bond donors (Lipinski definition) is 2. The normalized spacial score (nSPS) is 8.94. The first-order valence-electron chi connectivity index (χ1n) is 4.75. The molecule has 0 radical (unpaired) electrons.